The zero-order valence-electron chi connectivity index (χ0n) is 16.7. The van der Waals surface area contributed by atoms with E-state index in [-0.39, 0.29) is 36.8 Å². The van der Waals surface area contributed by atoms with E-state index in [0.717, 1.165) is 18.7 Å². The number of hydrogen-bond donors (Lipinski definition) is 1. The van der Waals surface area contributed by atoms with E-state index >= 15 is 0 Å². The van der Waals surface area contributed by atoms with Gasteiger partial charge >= 0.3 is 0 Å². The van der Waals surface area contributed by atoms with Crippen molar-refractivity contribution in [2.45, 2.75) is 26.0 Å². The van der Waals surface area contributed by atoms with Crippen molar-refractivity contribution < 1.29 is 14.1 Å². The summed E-state index contributed by atoms with van der Waals surface area (Å²) in [5, 5.41) is 4.07. The molecule has 2 aromatic rings. The number of nitrogens with zero attached hydrogens (tertiary/aromatic N) is 4. The molecule has 1 fully saturated rings. The SMILES string of the molecule is COC(CN)CC(=O)N1CCN(Cc2nc(-c3ccc(C)cc3)no2)CC1.Cl.Cl. The summed E-state index contributed by atoms with van der Waals surface area (Å²) in [5.41, 5.74) is 7.73. The van der Waals surface area contributed by atoms with Crippen LogP contribution in [0.15, 0.2) is 28.8 Å². The Labute approximate surface area is 183 Å². The number of piperazine rings is 1. The standard InChI is InChI=1S/C19H27N5O3.2ClH/c1-14-3-5-15(6-4-14)19-21-17(27-22-19)13-23-7-9-24(10-8-23)18(25)11-16(12-20)26-2;;/h3-6,16H,7-13,20H2,1-2H3;2*1H. The van der Waals surface area contributed by atoms with Crippen LogP contribution in [0.3, 0.4) is 0 Å². The predicted octanol–water partition coefficient (Wildman–Crippen LogP) is 1.90. The molecule has 1 aliphatic heterocycles. The number of nitrogens with two attached hydrogens (primary N) is 1. The topological polar surface area (TPSA) is 97.7 Å². The number of halogens is 2. The number of hydrogen-bond acceptors (Lipinski definition) is 7. The van der Waals surface area contributed by atoms with Crippen LogP contribution >= 0.6 is 24.8 Å². The van der Waals surface area contributed by atoms with Crippen molar-refractivity contribution >= 4 is 30.7 Å². The molecule has 0 saturated carbocycles. The maximum absolute atomic E-state index is 12.3. The molecule has 1 aromatic heterocycles. The van der Waals surface area contributed by atoms with E-state index in [2.05, 4.69) is 15.0 Å². The summed E-state index contributed by atoms with van der Waals surface area (Å²) in [6.07, 6.45) is 0.116. The lowest BCUT2D eigenvalue weighted by Gasteiger charge is -2.34. The Hall–Kier alpha value is -1.71. The van der Waals surface area contributed by atoms with Crippen molar-refractivity contribution in [2.24, 2.45) is 5.73 Å². The predicted molar refractivity (Wildman–Crippen MR) is 115 cm³/mol. The normalized spacial score (nSPS) is 15.3. The highest BCUT2D eigenvalue weighted by molar-refractivity contribution is 5.85. The van der Waals surface area contributed by atoms with Crippen LogP contribution in [0.4, 0.5) is 0 Å². The van der Waals surface area contributed by atoms with Crippen LogP contribution in [0.2, 0.25) is 0 Å². The molecule has 1 unspecified atom stereocenters. The van der Waals surface area contributed by atoms with Crippen molar-refractivity contribution in [1.29, 1.82) is 0 Å². The third-order valence-corrected chi connectivity index (χ3v) is 4.86. The summed E-state index contributed by atoms with van der Waals surface area (Å²) in [4.78, 5) is 20.9. The summed E-state index contributed by atoms with van der Waals surface area (Å²) >= 11 is 0. The van der Waals surface area contributed by atoms with Crippen LogP contribution in [-0.4, -0.2) is 71.8 Å². The Morgan fingerprint density at radius 3 is 2.45 bits per heavy atom. The van der Waals surface area contributed by atoms with Gasteiger partial charge in [-0.15, -0.1) is 24.8 Å². The summed E-state index contributed by atoms with van der Waals surface area (Å²) < 4.78 is 10.6. The average Bonchev–Trinajstić information content (AvgIpc) is 3.15. The third kappa shape index (κ3) is 6.94. The number of aromatic nitrogens is 2. The van der Waals surface area contributed by atoms with Gasteiger partial charge in [-0.05, 0) is 6.92 Å². The van der Waals surface area contributed by atoms with Crippen LogP contribution in [0.1, 0.15) is 17.9 Å². The number of methoxy groups -OCH3 is 1. The first-order valence-electron chi connectivity index (χ1n) is 9.21. The summed E-state index contributed by atoms with van der Waals surface area (Å²) in [5.74, 6) is 1.28. The molecule has 1 aromatic carbocycles. The molecule has 29 heavy (non-hydrogen) atoms. The number of carbonyl (C=O) groups is 1. The molecule has 0 spiro atoms. The molecule has 1 saturated heterocycles. The largest absolute Gasteiger partial charge is 0.380 e. The van der Waals surface area contributed by atoms with Gasteiger partial charge in [0.25, 0.3) is 0 Å². The van der Waals surface area contributed by atoms with Gasteiger partial charge in [-0.1, -0.05) is 35.0 Å². The minimum Gasteiger partial charge on any atom is -0.380 e. The van der Waals surface area contributed by atoms with Crippen molar-refractivity contribution in [3.63, 3.8) is 0 Å². The number of ether oxygens (including phenoxy) is 1. The van der Waals surface area contributed by atoms with Gasteiger partial charge in [-0.25, -0.2) is 0 Å². The van der Waals surface area contributed by atoms with Crippen LogP contribution < -0.4 is 5.73 Å². The molecule has 2 heterocycles. The fraction of sp³-hybridized carbons (Fsp3) is 0.526. The third-order valence-electron chi connectivity index (χ3n) is 4.86. The monoisotopic (exact) mass is 445 g/mol. The second-order valence-corrected chi connectivity index (χ2v) is 6.83. The summed E-state index contributed by atoms with van der Waals surface area (Å²) in [6, 6.07) is 8.03. The molecule has 162 valence electrons. The zero-order chi connectivity index (χ0) is 19.2. The van der Waals surface area contributed by atoms with Crippen LogP contribution in [0.25, 0.3) is 11.4 Å². The van der Waals surface area contributed by atoms with Crippen molar-refractivity contribution in [2.75, 3.05) is 39.8 Å². The van der Waals surface area contributed by atoms with Crippen LogP contribution in [0.5, 0.6) is 0 Å². The summed E-state index contributed by atoms with van der Waals surface area (Å²) in [6.45, 7) is 5.88. The Morgan fingerprint density at radius 2 is 1.86 bits per heavy atom. The van der Waals surface area contributed by atoms with E-state index in [1.165, 1.54) is 5.56 Å². The molecular formula is C19H29Cl2N5O3. The molecule has 1 amide bonds. The Bertz CT molecular complexity index is 745. The number of aryl methyl sites for hydroxylation is 1. The summed E-state index contributed by atoms with van der Waals surface area (Å²) in [7, 11) is 1.58. The lowest BCUT2D eigenvalue weighted by atomic mass is 10.1. The maximum atomic E-state index is 12.3. The second kappa shape index (κ2) is 12.1. The maximum Gasteiger partial charge on any atom is 0.241 e. The van der Waals surface area contributed by atoms with Gasteiger partial charge in [0.05, 0.1) is 19.1 Å². The molecule has 1 aliphatic rings. The van der Waals surface area contributed by atoms with Gasteiger partial charge < -0.3 is 19.9 Å². The number of rotatable bonds is 7. The molecular weight excluding hydrogens is 417 g/mol. The molecule has 0 radical (unpaired) electrons. The zero-order valence-corrected chi connectivity index (χ0v) is 18.4. The smallest absolute Gasteiger partial charge is 0.241 e. The van der Waals surface area contributed by atoms with Crippen molar-refractivity contribution in [3.8, 4) is 11.4 Å². The van der Waals surface area contributed by atoms with Gasteiger partial charge in [-0.3, -0.25) is 9.69 Å². The molecule has 1 atom stereocenters. The Morgan fingerprint density at radius 1 is 1.21 bits per heavy atom. The van der Waals surface area contributed by atoms with E-state index in [0.29, 0.717) is 44.3 Å². The van der Waals surface area contributed by atoms with E-state index in [1.54, 1.807) is 7.11 Å². The van der Waals surface area contributed by atoms with E-state index in [1.807, 2.05) is 36.1 Å². The van der Waals surface area contributed by atoms with Gasteiger partial charge in [0, 0.05) is 45.4 Å². The fourth-order valence-corrected chi connectivity index (χ4v) is 3.07. The second-order valence-electron chi connectivity index (χ2n) is 6.83. The van der Waals surface area contributed by atoms with Gasteiger partial charge in [0.1, 0.15) is 0 Å². The Kier molecular flexibility index (Phi) is 10.6. The van der Waals surface area contributed by atoms with Gasteiger partial charge in [0.15, 0.2) is 0 Å². The van der Waals surface area contributed by atoms with E-state index < -0.39 is 0 Å². The first-order chi connectivity index (χ1) is 13.1. The molecule has 2 N–H and O–H groups in total. The first kappa shape index (κ1) is 25.3. The van der Waals surface area contributed by atoms with E-state index in [9.17, 15) is 4.79 Å². The van der Waals surface area contributed by atoms with Crippen LogP contribution in [0, 0.1) is 6.92 Å². The quantitative estimate of drug-likeness (QED) is 0.694. The van der Waals surface area contributed by atoms with Crippen molar-refractivity contribution in [1.82, 2.24) is 19.9 Å². The average molecular weight is 446 g/mol. The first-order valence-corrected chi connectivity index (χ1v) is 9.21. The Balaban J connectivity index is 0.00000210. The van der Waals surface area contributed by atoms with E-state index in [4.69, 9.17) is 15.0 Å². The fourth-order valence-electron chi connectivity index (χ4n) is 3.07. The lowest BCUT2D eigenvalue weighted by Crippen LogP contribution is -2.49. The van der Waals surface area contributed by atoms with Gasteiger partial charge in [-0.2, -0.15) is 4.98 Å². The highest BCUT2D eigenvalue weighted by Crippen LogP contribution is 2.17. The number of carbonyl (C=O) groups excluding carboxylic acids is 1. The molecule has 0 aliphatic carbocycles. The minimum atomic E-state index is -0.214. The number of amides is 1. The molecule has 8 nitrogen and oxygen atoms in total. The molecule has 3 rings (SSSR count). The molecule has 0 bridgehead atoms. The molecule has 10 heteroatoms. The van der Waals surface area contributed by atoms with Crippen LogP contribution in [-0.2, 0) is 16.1 Å². The number of benzene rings is 1. The highest BCUT2D eigenvalue weighted by Gasteiger charge is 2.24. The van der Waals surface area contributed by atoms with Crippen molar-refractivity contribution in [3.05, 3.63) is 35.7 Å². The van der Waals surface area contributed by atoms with Gasteiger partial charge in [0.2, 0.25) is 17.6 Å². The lowest BCUT2D eigenvalue weighted by molar-refractivity contribution is -0.135. The highest BCUT2D eigenvalue weighted by atomic mass is 35.5. The minimum absolute atomic E-state index is 0.